The molecule has 16 heavy (non-hydrogen) atoms. The average molecular weight is 230 g/mol. The smallest absolute Gasteiger partial charge is 0.344 e. The second kappa shape index (κ2) is 4.08. The molecule has 0 spiro atoms. The SMILES string of the molecule is CC(C)(C)OC(=O)c1c(F)cc(O)cc1F. The molecular weight excluding hydrogens is 218 g/mol. The molecular formula is C11H12F2O3. The van der Waals surface area contributed by atoms with Gasteiger partial charge in [0, 0.05) is 12.1 Å². The molecule has 0 unspecified atom stereocenters. The van der Waals surface area contributed by atoms with E-state index in [1.807, 2.05) is 0 Å². The number of ether oxygens (including phenoxy) is 1. The molecule has 0 heterocycles. The Morgan fingerprint density at radius 1 is 1.25 bits per heavy atom. The number of hydrogen-bond acceptors (Lipinski definition) is 3. The first-order valence-electron chi connectivity index (χ1n) is 4.62. The summed E-state index contributed by atoms with van der Waals surface area (Å²) in [7, 11) is 0. The van der Waals surface area contributed by atoms with Gasteiger partial charge in [0.2, 0.25) is 0 Å². The van der Waals surface area contributed by atoms with Crippen LogP contribution in [-0.2, 0) is 4.74 Å². The molecule has 1 aromatic rings. The zero-order valence-corrected chi connectivity index (χ0v) is 9.17. The number of halogens is 2. The van der Waals surface area contributed by atoms with Gasteiger partial charge in [-0.05, 0) is 20.8 Å². The van der Waals surface area contributed by atoms with Crippen molar-refractivity contribution in [2.45, 2.75) is 26.4 Å². The summed E-state index contributed by atoms with van der Waals surface area (Å²) in [6.45, 7) is 4.75. The van der Waals surface area contributed by atoms with E-state index in [-0.39, 0.29) is 0 Å². The van der Waals surface area contributed by atoms with E-state index in [2.05, 4.69) is 0 Å². The van der Waals surface area contributed by atoms with Crippen molar-refractivity contribution in [2.24, 2.45) is 0 Å². The van der Waals surface area contributed by atoms with Crippen LogP contribution in [0.3, 0.4) is 0 Å². The fourth-order valence-electron chi connectivity index (χ4n) is 1.08. The molecule has 0 saturated carbocycles. The molecule has 1 aromatic carbocycles. The first kappa shape index (κ1) is 12.4. The fourth-order valence-corrected chi connectivity index (χ4v) is 1.08. The van der Waals surface area contributed by atoms with E-state index in [1.54, 1.807) is 20.8 Å². The minimum atomic E-state index is -1.15. The van der Waals surface area contributed by atoms with Gasteiger partial charge in [-0.2, -0.15) is 0 Å². The normalized spacial score (nSPS) is 11.3. The van der Waals surface area contributed by atoms with Gasteiger partial charge in [-0.25, -0.2) is 13.6 Å². The average Bonchev–Trinajstić information content (AvgIpc) is 1.96. The second-order valence-corrected chi connectivity index (χ2v) is 4.29. The largest absolute Gasteiger partial charge is 0.508 e. The molecule has 0 bridgehead atoms. The summed E-state index contributed by atoms with van der Waals surface area (Å²) in [4.78, 5) is 11.4. The Labute approximate surface area is 91.7 Å². The Kier molecular flexibility index (Phi) is 3.16. The number of rotatable bonds is 1. The van der Waals surface area contributed by atoms with Crippen LogP contribution in [0.5, 0.6) is 5.75 Å². The summed E-state index contributed by atoms with van der Waals surface area (Å²) < 4.78 is 31.3. The van der Waals surface area contributed by atoms with Gasteiger partial charge in [0.05, 0.1) is 0 Å². The van der Waals surface area contributed by atoms with Crippen LogP contribution >= 0.6 is 0 Å². The molecule has 0 aliphatic rings. The maximum Gasteiger partial charge on any atom is 0.344 e. The summed E-state index contributed by atoms with van der Waals surface area (Å²) in [5, 5.41) is 8.90. The minimum absolute atomic E-state index is 0.581. The van der Waals surface area contributed by atoms with Gasteiger partial charge in [0.25, 0.3) is 0 Å². The van der Waals surface area contributed by atoms with E-state index in [1.165, 1.54) is 0 Å². The van der Waals surface area contributed by atoms with Crippen LogP contribution in [0.4, 0.5) is 8.78 Å². The molecule has 0 aliphatic carbocycles. The minimum Gasteiger partial charge on any atom is -0.508 e. The summed E-state index contributed by atoms with van der Waals surface area (Å²) >= 11 is 0. The molecule has 0 radical (unpaired) electrons. The number of carbonyl (C=O) groups excluding carboxylic acids is 1. The maximum atomic E-state index is 13.2. The Morgan fingerprint density at radius 3 is 2.06 bits per heavy atom. The van der Waals surface area contributed by atoms with Crippen molar-refractivity contribution in [3.05, 3.63) is 29.3 Å². The number of phenols is 1. The molecule has 1 rings (SSSR count). The summed E-state index contributed by atoms with van der Waals surface area (Å²) in [5.41, 5.74) is -1.64. The molecule has 0 saturated heterocycles. The van der Waals surface area contributed by atoms with Gasteiger partial charge in [-0.15, -0.1) is 0 Å². The number of hydrogen-bond donors (Lipinski definition) is 1. The zero-order chi connectivity index (χ0) is 12.5. The molecule has 3 nitrogen and oxygen atoms in total. The van der Waals surface area contributed by atoms with Gasteiger partial charge >= 0.3 is 5.97 Å². The number of aromatic hydroxyl groups is 1. The summed E-state index contributed by atoms with van der Waals surface area (Å²) in [5.74, 6) is -3.97. The van der Waals surface area contributed by atoms with Crippen molar-refractivity contribution in [1.29, 1.82) is 0 Å². The van der Waals surface area contributed by atoms with Crippen LogP contribution < -0.4 is 0 Å². The lowest BCUT2D eigenvalue weighted by Crippen LogP contribution is -2.25. The van der Waals surface area contributed by atoms with Crippen LogP contribution in [0, 0.1) is 11.6 Å². The van der Waals surface area contributed by atoms with Crippen molar-refractivity contribution in [3.8, 4) is 5.75 Å². The fraction of sp³-hybridized carbons (Fsp3) is 0.364. The van der Waals surface area contributed by atoms with Crippen LogP contribution in [0.25, 0.3) is 0 Å². The maximum absolute atomic E-state index is 13.2. The van der Waals surface area contributed by atoms with Crippen LogP contribution in [0.1, 0.15) is 31.1 Å². The number of carbonyl (C=O) groups is 1. The van der Waals surface area contributed by atoms with Gasteiger partial charge in [0.1, 0.15) is 28.5 Å². The van der Waals surface area contributed by atoms with Gasteiger partial charge in [-0.1, -0.05) is 0 Å². The standard InChI is InChI=1S/C11H12F2O3/c1-11(2,3)16-10(15)9-7(12)4-6(14)5-8(9)13/h4-5,14H,1-3H3. The number of benzene rings is 1. The highest BCUT2D eigenvalue weighted by atomic mass is 19.1. The molecule has 0 aromatic heterocycles. The predicted octanol–water partition coefficient (Wildman–Crippen LogP) is 2.63. The lowest BCUT2D eigenvalue weighted by Gasteiger charge is -2.19. The van der Waals surface area contributed by atoms with Crippen molar-refractivity contribution in [2.75, 3.05) is 0 Å². The van der Waals surface area contributed by atoms with E-state index in [4.69, 9.17) is 9.84 Å². The Hall–Kier alpha value is -1.65. The number of phenolic OH excluding ortho intramolecular Hbond substituents is 1. The summed E-state index contributed by atoms with van der Waals surface area (Å²) in [6.07, 6.45) is 0. The topological polar surface area (TPSA) is 46.5 Å². The van der Waals surface area contributed by atoms with E-state index >= 15 is 0 Å². The monoisotopic (exact) mass is 230 g/mol. The van der Waals surface area contributed by atoms with Crippen LogP contribution in [0.2, 0.25) is 0 Å². The molecule has 1 N–H and O–H groups in total. The Bertz CT molecular complexity index is 399. The highest BCUT2D eigenvalue weighted by molar-refractivity contribution is 5.90. The molecule has 0 atom stereocenters. The third-order valence-corrected chi connectivity index (χ3v) is 1.63. The molecule has 5 heteroatoms. The summed E-state index contributed by atoms with van der Waals surface area (Å²) in [6, 6.07) is 1.31. The van der Waals surface area contributed by atoms with E-state index in [0.717, 1.165) is 0 Å². The van der Waals surface area contributed by atoms with Crippen LogP contribution in [-0.4, -0.2) is 16.7 Å². The van der Waals surface area contributed by atoms with Crippen molar-refractivity contribution in [3.63, 3.8) is 0 Å². The van der Waals surface area contributed by atoms with Gasteiger partial charge in [-0.3, -0.25) is 0 Å². The molecule has 0 fully saturated rings. The first-order valence-corrected chi connectivity index (χ1v) is 4.62. The quantitative estimate of drug-likeness (QED) is 0.754. The third kappa shape index (κ3) is 2.92. The second-order valence-electron chi connectivity index (χ2n) is 4.29. The molecule has 0 amide bonds. The Balaban J connectivity index is 3.10. The zero-order valence-electron chi connectivity index (χ0n) is 9.17. The van der Waals surface area contributed by atoms with Crippen molar-refractivity contribution in [1.82, 2.24) is 0 Å². The third-order valence-electron chi connectivity index (χ3n) is 1.63. The van der Waals surface area contributed by atoms with Crippen molar-refractivity contribution < 1.29 is 23.4 Å². The Morgan fingerprint density at radius 2 is 1.69 bits per heavy atom. The lowest BCUT2D eigenvalue weighted by molar-refractivity contribution is 0.00595. The highest BCUT2D eigenvalue weighted by Crippen LogP contribution is 2.22. The van der Waals surface area contributed by atoms with Crippen LogP contribution in [0.15, 0.2) is 12.1 Å². The van der Waals surface area contributed by atoms with E-state index in [0.29, 0.717) is 12.1 Å². The van der Waals surface area contributed by atoms with Gasteiger partial charge in [0.15, 0.2) is 0 Å². The first-order chi connectivity index (χ1) is 7.20. The van der Waals surface area contributed by atoms with Gasteiger partial charge < -0.3 is 9.84 Å². The lowest BCUT2D eigenvalue weighted by atomic mass is 10.1. The number of esters is 1. The predicted molar refractivity (Wildman–Crippen MR) is 53.2 cm³/mol. The highest BCUT2D eigenvalue weighted by Gasteiger charge is 2.24. The molecule has 88 valence electrons. The molecule has 0 aliphatic heterocycles. The van der Waals surface area contributed by atoms with Crippen molar-refractivity contribution >= 4 is 5.97 Å². The van der Waals surface area contributed by atoms with E-state index in [9.17, 15) is 13.6 Å². The van der Waals surface area contributed by atoms with E-state index < -0.39 is 34.5 Å².